The summed E-state index contributed by atoms with van der Waals surface area (Å²) in [6.45, 7) is 0. The van der Waals surface area contributed by atoms with E-state index >= 15 is 0 Å². The van der Waals surface area contributed by atoms with E-state index in [4.69, 9.17) is 5.11 Å². The van der Waals surface area contributed by atoms with E-state index in [0.717, 1.165) is 5.43 Å². The number of nitrogens with one attached hydrogen (secondary N) is 2. The maximum atomic E-state index is 10.0. The number of imide groups is 1. The molecule has 0 radical (unpaired) electrons. The summed E-state index contributed by atoms with van der Waals surface area (Å²) in [7, 11) is 0. The average Bonchev–Trinajstić information content (AvgIpc) is 1.58. The molecule has 0 fully saturated rings. The van der Waals surface area contributed by atoms with Crippen molar-refractivity contribution in [2.24, 2.45) is 0 Å². The Bertz CT molecular complexity index is 158. The molecule has 0 aliphatic heterocycles. The fourth-order valence-corrected chi connectivity index (χ4v) is 0.208. The molecule has 0 saturated carbocycles. The molecule has 0 spiro atoms. The molecule has 10 heavy (non-hydrogen) atoms. The van der Waals surface area contributed by atoms with Crippen molar-refractivity contribution in [1.82, 2.24) is 10.7 Å². The third-order valence-electron chi connectivity index (χ3n) is 0.413. The van der Waals surface area contributed by atoms with Crippen LogP contribution in [0.5, 0.6) is 0 Å². The Morgan fingerprint density at radius 2 is 2.00 bits per heavy atom. The van der Waals surface area contributed by atoms with Crippen molar-refractivity contribution in [3.05, 3.63) is 10.1 Å². The van der Waals surface area contributed by atoms with Crippen LogP contribution >= 0.6 is 0 Å². The van der Waals surface area contributed by atoms with Gasteiger partial charge in [-0.2, -0.15) is 0 Å². The molecule has 0 aliphatic carbocycles. The van der Waals surface area contributed by atoms with Crippen molar-refractivity contribution in [1.29, 1.82) is 0 Å². The van der Waals surface area contributed by atoms with Crippen LogP contribution in [0.4, 0.5) is 9.59 Å². The highest BCUT2D eigenvalue weighted by Gasteiger charge is 2.08. The van der Waals surface area contributed by atoms with Crippen molar-refractivity contribution in [3.8, 4) is 0 Å². The summed E-state index contributed by atoms with van der Waals surface area (Å²) in [4.78, 5) is 29.0. The van der Waals surface area contributed by atoms with E-state index in [-0.39, 0.29) is 0 Å². The number of carbonyl (C=O) groups is 2. The minimum absolute atomic E-state index is 1.07. The van der Waals surface area contributed by atoms with E-state index < -0.39 is 17.2 Å². The zero-order valence-corrected chi connectivity index (χ0v) is 4.53. The molecule has 0 aromatic heterocycles. The second-order valence-electron chi connectivity index (χ2n) is 1.13. The summed E-state index contributed by atoms with van der Waals surface area (Å²) < 4.78 is 0. The van der Waals surface area contributed by atoms with Gasteiger partial charge in [0.05, 0.1) is 0 Å². The van der Waals surface area contributed by atoms with Gasteiger partial charge in [0.1, 0.15) is 0 Å². The number of amides is 3. The molecule has 0 rings (SSSR count). The number of rotatable bonds is 1. The molecule has 8 nitrogen and oxygen atoms in total. The van der Waals surface area contributed by atoms with Crippen LogP contribution in [0.1, 0.15) is 0 Å². The smallest absolute Gasteiger partial charge is 0.412 e. The predicted molar refractivity (Wildman–Crippen MR) is 26.7 cm³/mol. The van der Waals surface area contributed by atoms with Crippen LogP contribution in [0.15, 0.2) is 0 Å². The van der Waals surface area contributed by atoms with Crippen molar-refractivity contribution < 1.29 is 19.7 Å². The largest absolute Gasteiger partial charge is 0.465 e. The molecule has 56 valence electrons. The Morgan fingerprint density at radius 1 is 1.50 bits per heavy atom. The van der Waals surface area contributed by atoms with Crippen molar-refractivity contribution in [2.75, 3.05) is 0 Å². The van der Waals surface area contributed by atoms with Gasteiger partial charge in [-0.15, -0.1) is 0 Å². The fraction of sp³-hybridized carbons (Fsp3) is 0. The topological polar surface area (TPSA) is 122 Å². The normalized spacial score (nSPS) is 8.00. The van der Waals surface area contributed by atoms with Gasteiger partial charge < -0.3 is 5.11 Å². The Balaban J connectivity index is 3.65. The lowest BCUT2D eigenvalue weighted by atomic mass is 11.0. The van der Waals surface area contributed by atoms with E-state index in [1.54, 1.807) is 0 Å². The maximum Gasteiger partial charge on any atom is 0.412 e. The van der Waals surface area contributed by atoms with E-state index in [1.807, 2.05) is 0 Å². The highest BCUT2D eigenvalue weighted by Crippen LogP contribution is 1.64. The van der Waals surface area contributed by atoms with Crippen LogP contribution < -0.4 is 10.7 Å². The molecule has 0 atom stereocenters. The van der Waals surface area contributed by atoms with Gasteiger partial charge >= 0.3 is 12.1 Å². The summed E-state index contributed by atoms with van der Waals surface area (Å²) >= 11 is 0. The summed E-state index contributed by atoms with van der Waals surface area (Å²) in [5.74, 6) is 0. The van der Waals surface area contributed by atoms with Gasteiger partial charge in [-0.25, -0.2) is 25.0 Å². The lowest BCUT2D eigenvalue weighted by Crippen LogP contribution is -2.41. The molecule has 0 aromatic rings. The Hall–Kier alpha value is -1.86. The van der Waals surface area contributed by atoms with Crippen molar-refractivity contribution in [2.45, 2.75) is 0 Å². The molecular weight excluding hydrogens is 146 g/mol. The number of carbonyl (C=O) groups excluding carboxylic acids is 1. The Labute approximate surface area is 53.9 Å². The Kier molecular flexibility index (Phi) is 2.62. The summed E-state index contributed by atoms with van der Waals surface area (Å²) in [6.07, 6.45) is -1.65. The monoisotopic (exact) mass is 149 g/mol. The number of hydrazine groups is 1. The van der Waals surface area contributed by atoms with Crippen molar-refractivity contribution in [3.63, 3.8) is 0 Å². The second-order valence-corrected chi connectivity index (χ2v) is 1.13. The molecule has 0 aromatic carbocycles. The van der Waals surface area contributed by atoms with E-state index in [2.05, 4.69) is 0 Å². The highest BCUT2D eigenvalue weighted by atomic mass is 16.7. The number of nitrogens with zero attached hydrogens (tertiary/aromatic N) is 1. The van der Waals surface area contributed by atoms with Gasteiger partial charge in [0.25, 0.3) is 0 Å². The first kappa shape index (κ1) is 8.14. The minimum Gasteiger partial charge on any atom is -0.465 e. The van der Waals surface area contributed by atoms with Gasteiger partial charge in [0.15, 0.2) is 5.03 Å². The summed E-state index contributed by atoms with van der Waals surface area (Å²) in [6, 6.07) is -1.39. The van der Waals surface area contributed by atoms with Gasteiger partial charge in [0, 0.05) is 0 Å². The van der Waals surface area contributed by atoms with Crippen LogP contribution in [0.25, 0.3) is 0 Å². The van der Waals surface area contributed by atoms with Crippen molar-refractivity contribution >= 4 is 12.1 Å². The van der Waals surface area contributed by atoms with Gasteiger partial charge in [0.2, 0.25) is 0 Å². The summed E-state index contributed by atoms with van der Waals surface area (Å²) in [5, 5.41) is 17.3. The van der Waals surface area contributed by atoms with Crippen LogP contribution in [-0.2, 0) is 0 Å². The third kappa shape index (κ3) is 4.30. The number of hydrogen-bond donors (Lipinski definition) is 3. The minimum atomic E-state index is -1.65. The fourth-order valence-electron chi connectivity index (χ4n) is 0.208. The number of urea groups is 1. The molecular formula is C2H3N3O5. The number of hydrogen-bond acceptors (Lipinski definition) is 4. The van der Waals surface area contributed by atoms with Gasteiger partial charge in [-0.05, 0) is 5.43 Å². The molecule has 0 aliphatic rings. The first-order valence-electron chi connectivity index (χ1n) is 1.97. The highest BCUT2D eigenvalue weighted by molar-refractivity contribution is 5.88. The maximum absolute atomic E-state index is 10.0. The lowest BCUT2D eigenvalue weighted by Gasteiger charge is -1.92. The number of nitro groups is 1. The van der Waals surface area contributed by atoms with Gasteiger partial charge in [-0.3, -0.25) is 0 Å². The molecule has 0 bridgehead atoms. The predicted octanol–water partition coefficient (Wildman–Crippen LogP) is -0.845. The molecule has 0 unspecified atom stereocenters. The first-order chi connectivity index (χ1) is 4.52. The number of carboxylic acid groups (broad SMARTS) is 1. The van der Waals surface area contributed by atoms with Gasteiger partial charge in [-0.1, -0.05) is 0 Å². The average molecular weight is 149 g/mol. The zero-order valence-electron chi connectivity index (χ0n) is 4.53. The van der Waals surface area contributed by atoms with Crippen LogP contribution in [0, 0.1) is 10.1 Å². The Morgan fingerprint density at radius 3 is 2.30 bits per heavy atom. The lowest BCUT2D eigenvalue weighted by molar-refractivity contribution is -0.527. The van der Waals surface area contributed by atoms with Crippen LogP contribution in [0.2, 0.25) is 0 Å². The SMILES string of the molecule is O=C(O)NC(=O)N[N+](=O)[O-]. The summed E-state index contributed by atoms with van der Waals surface area (Å²) in [5.41, 5.74) is 1.07. The van der Waals surface area contributed by atoms with Crippen LogP contribution in [0.3, 0.4) is 0 Å². The zero-order chi connectivity index (χ0) is 8.15. The molecule has 8 heteroatoms. The van der Waals surface area contributed by atoms with Crippen LogP contribution in [-0.4, -0.2) is 22.3 Å². The second kappa shape index (κ2) is 3.22. The molecule has 0 heterocycles. The third-order valence-corrected chi connectivity index (χ3v) is 0.413. The van der Waals surface area contributed by atoms with E-state index in [0.29, 0.717) is 0 Å². The first-order valence-corrected chi connectivity index (χ1v) is 1.97. The van der Waals surface area contributed by atoms with E-state index in [9.17, 15) is 19.7 Å². The molecule has 3 amide bonds. The standard InChI is InChI=1S/C2H3N3O5/c6-1(3-2(7)8)4-5(9)10/h(H,7,8)(H2,3,4,6). The quantitative estimate of drug-likeness (QED) is 0.331. The molecule has 3 N–H and O–H groups in total. The molecule has 0 saturated heterocycles. The van der Waals surface area contributed by atoms with E-state index in [1.165, 1.54) is 5.32 Å².